The van der Waals surface area contributed by atoms with Crippen LogP contribution >= 0.6 is 24.8 Å². The van der Waals surface area contributed by atoms with Crippen molar-refractivity contribution in [1.82, 2.24) is 10.9 Å². The molecule has 0 radical (unpaired) electrons. The van der Waals surface area contributed by atoms with Crippen molar-refractivity contribution < 1.29 is 0 Å². The van der Waals surface area contributed by atoms with Crippen LogP contribution in [0.1, 0.15) is 25.7 Å². The summed E-state index contributed by atoms with van der Waals surface area (Å²) in [6.07, 6.45) is 6.21. The standard InChI is InChI=1S/C8H16N8.2ClH/c9-11-5-13-15-7-1-2-8(4-3-7)16-14-6-12-10;;/h5-6H,1-4,9-10H2,(H,11,13)(H,12,14);2*1H. The van der Waals surface area contributed by atoms with Crippen LogP contribution in [0.15, 0.2) is 20.4 Å². The molecule has 1 saturated carbocycles. The van der Waals surface area contributed by atoms with Gasteiger partial charge in [-0.25, -0.2) is 0 Å². The summed E-state index contributed by atoms with van der Waals surface area (Å²) >= 11 is 0. The van der Waals surface area contributed by atoms with Crippen LogP contribution in [0.2, 0.25) is 0 Å². The van der Waals surface area contributed by atoms with Gasteiger partial charge in [-0.3, -0.25) is 10.9 Å². The summed E-state index contributed by atoms with van der Waals surface area (Å²) in [5.41, 5.74) is 7.48. The Kier molecular flexibility index (Phi) is 12.5. The third-order valence-corrected chi connectivity index (χ3v) is 2.11. The van der Waals surface area contributed by atoms with Crippen LogP contribution in [0.4, 0.5) is 0 Å². The van der Waals surface area contributed by atoms with E-state index in [0.717, 1.165) is 37.1 Å². The molecule has 18 heavy (non-hydrogen) atoms. The van der Waals surface area contributed by atoms with E-state index in [9.17, 15) is 0 Å². The van der Waals surface area contributed by atoms with E-state index in [0.29, 0.717) is 0 Å². The van der Waals surface area contributed by atoms with Crippen molar-refractivity contribution in [1.29, 1.82) is 0 Å². The van der Waals surface area contributed by atoms with Crippen molar-refractivity contribution in [2.75, 3.05) is 0 Å². The highest BCUT2D eigenvalue weighted by molar-refractivity contribution is 5.98. The maximum atomic E-state index is 4.92. The minimum Gasteiger partial charge on any atom is -0.322 e. The molecule has 0 atom stereocenters. The van der Waals surface area contributed by atoms with Gasteiger partial charge in [0.2, 0.25) is 0 Å². The number of nitrogens with zero attached hydrogens (tertiary/aromatic N) is 4. The first-order valence-corrected chi connectivity index (χ1v) is 4.92. The Morgan fingerprint density at radius 2 is 1.11 bits per heavy atom. The van der Waals surface area contributed by atoms with Crippen molar-refractivity contribution >= 4 is 48.9 Å². The van der Waals surface area contributed by atoms with Gasteiger partial charge in [-0.1, -0.05) is 0 Å². The zero-order valence-corrected chi connectivity index (χ0v) is 11.4. The Bertz CT molecular complexity index is 281. The first-order chi connectivity index (χ1) is 7.86. The predicted molar refractivity (Wildman–Crippen MR) is 79.5 cm³/mol. The van der Waals surface area contributed by atoms with Crippen molar-refractivity contribution in [3.8, 4) is 0 Å². The molecule has 10 heteroatoms. The van der Waals surface area contributed by atoms with E-state index < -0.39 is 0 Å². The van der Waals surface area contributed by atoms with Crippen molar-refractivity contribution in [3.63, 3.8) is 0 Å². The van der Waals surface area contributed by atoms with E-state index in [2.05, 4.69) is 31.3 Å². The highest BCUT2D eigenvalue weighted by atomic mass is 35.5. The van der Waals surface area contributed by atoms with Crippen LogP contribution < -0.4 is 22.5 Å². The molecule has 0 amide bonds. The largest absolute Gasteiger partial charge is 0.322 e. The summed E-state index contributed by atoms with van der Waals surface area (Å²) in [6, 6.07) is 0. The number of hydrogen-bond acceptors (Lipinski definition) is 6. The molecule has 1 rings (SSSR count). The number of nitrogens with two attached hydrogens (primary N) is 2. The Morgan fingerprint density at radius 1 is 0.778 bits per heavy atom. The first-order valence-electron chi connectivity index (χ1n) is 4.92. The fourth-order valence-electron chi connectivity index (χ4n) is 1.36. The van der Waals surface area contributed by atoms with Gasteiger partial charge < -0.3 is 11.7 Å². The summed E-state index contributed by atoms with van der Waals surface area (Å²) in [5, 5.41) is 14.8. The maximum Gasteiger partial charge on any atom is 0.128 e. The van der Waals surface area contributed by atoms with Crippen molar-refractivity contribution in [2.24, 2.45) is 32.1 Å². The molecule has 0 aromatic heterocycles. The molecule has 0 heterocycles. The molecule has 1 aliphatic rings. The highest BCUT2D eigenvalue weighted by Crippen LogP contribution is 2.12. The highest BCUT2D eigenvalue weighted by Gasteiger charge is 2.12. The van der Waals surface area contributed by atoms with E-state index in [1.165, 1.54) is 12.7 Å². The number of hydrazone groups is 4. The van der Waals surface area contributed by atoms with E-state index in [1.54, 1.807) is 0 Å². The molecule has 0 saturated heterocycles. The lowest BCUT2D eigenvalue weighted by atomic mass is 9.97. The predicted octanol–water partition coefficient (Wildman–Crippen LogP) is 0.0992. The summed E-state index contributed by atoms with van der Waals surface area (Å²) in [5.74, 6) is 9.84. The molecule has 0 aromatic rings. The van der Waals surface area contributed by atoms with Gasteiger partial charge in [-0.05, 0) is 25.7 Å². The molecule has 0 unspecified atom stereocenters. The summed E-state index contributed by atoms with van der Waals surface area (Å²) in [4.78, 5) is 0. The van der Waals surface area contributed by atoms with Gasteiger partial charge in [0, 0.05) is 11.4 Å². The van der Waals surface area contributed by atoms with Crippen LogP contribution in [0.25, 0.3) is 0 Å². The third-order valence-electron chi connectivity index (χ3n) is 2.11. The Hall–Kier alpha value is -1.54. The van der Waals surface area contributed by atoms with Crippen LogP contribution in [0.5, 0.6) is 0 Å². The Balaban J connectivity index is 0. The summed E-state index contributed by atoms with van der Waals surface area (Å²) < 4.78 is 0. The normalized spacial score (nSPS) is 14.9. The second-order valence-electron chi connectivity index (χ2n) is 3.17. The fourth-order valence-corrected chi connectivity index (χ4v) is 1.36. The zero-order chi connectivity index (χ0) is 11.6. The lowest BCUT2D eigenvalue weighted by molar-refractivity contribution is 0.883. The molecule has 0 spiro atoms. The second-order valence-corrected chi connectivity index (χ2v) is 3.17. The second kappa shape index (κ2) is 11.9. The molecular formula is C8H18Cl2N8. The van der Waals surface area contributed by atoms with Crippen molar-refractivity contribution in [2.45, 2.75) is 25.7 Å². The fraction of sp³-hybridized carbons (Fsp3) is 0.500. The van der Waals surface area contributed by atoms with E-state index in [-0.39, 0.29) is 24.8 Å². The molecule has 0 bridgehead atoms. The van der Waals surface area contributed by atoms with Gasteiger partial charge in [0.1, 0.15) is 12.7 Å². The van der Waals surface area contributed by atoms with E-state index >= 15 is 0 Å². The molecule has 0 aromatic carbocycles. The number of rotatable bonds is 4. The Morgan fingerprint density at radius 3 is 1.39 bits per heavy atom. The maximum absolute atomic E-state index is 4.92. The van der Waals surface area contributed by atoms with Gasteiger partial charge in [-0.15, -0.1) is 24.8 Å². The summed E-state index contributed by atoms with van der Waals surface area (Å²) in [7, 11) is 0. The van der Waals surface area contributed by atoms with Gasteiger partial charge in [-0.2, -0.15) is 20.4 Å². The molecule has 8 nitrogen and oxygen atoms in total. The topological polar surface area (TPSA) is 126 Å². The molecule has 1 aliphatic carbocycles. The van der Waals surface area contributed by atoms with Crippen LogP contribution in [-0.2, 0) is 0 Å². The van der Waals surface area contributed by atoms with Crippen molar-refractivity contribution in [3.05, 3.63) is 0 Å². The molecule has 1 fully saturated rings. The molecule has 0 aliphatic heterocycles. The third kappa shape index (κ3) is 7.69. The Labute approximate surface area is 118 Å². The van der Waals surface area contributed by atoms with Crippen LogP contribution in [0.3, 0.4) is 0 Å². The van der Waals surface area contributed by atoms with Crippen LogP contribution in [0, 0.1) is 0 Å². The zero-order valence-electron chi connectivity index (χ0n) is 9.74. The minimum absolute atomic E-state index is 0. The number of halogens is 2. The van der Waals surface area contributed by atoms with Gasteiger partial charge >= 0.3 is 0 Å². The lowest BCUT2D eigenvalue weighted by Crippen LogP contribution is -2.19. The SMILES string of the molecule is Cl.Cl.NN=CNN=C1CCC(=NNC=NN)CC1. The first kappa shape index (κ1) is 18.8. The molecule has 6 N–H and O–H groups in total. The quantitative estimate of drug-likeness (QED) is 0.254. The number of nitrogens with one attached hydrogen (secondary N) is 2. The number of hydrogen-bond donors (Lipinski definition) is 4. The summed E-state index contributed by atoms with van der Waals surface area (Å²) in [6.45, 7) is 0. The van der Waals surface area contributed by atoms with E-state index in [4.69, 9.17) is 11.7 Å². The van der Waals surface area contributed by atoms with Gasteiger partial charge in [0.15, 0.2) is 0 Å². The average molecular weight is 297 g/mol. The molecular weight excluding hydrogens is 279 g/mol. The smallest absolute Gasteiger partial charge is 0.128 e. The minimum atomic E-state index is 0. The van der Waals surface area contributed by atoms with Crippen LogP contribution in [-0.4, -0.2) is 24.1 Å². The lowest BCUT2D eigenvalue weighted by Gasteiger charge is -2.14. The molecule has 104 valence electrons. The average Bonchev–Trinajstić information content (AvgIpc) is 2.32. The van der Waals surface area contributed by atoms with Gasteiger partial charge in [0.05, 0.1) is 0 Å². The monoisotopic (exact) mass is 296 g/mol. The van der Waals surface area contributed by atoms with Gasteiger partial charge in [0.25, 0.3) is 0 Å². The van der Waals surface area contributed by atoms with E-state index in [1.807, 2.05) is 0 Å².